The highest BCUT2D eigenvalue weighted by atomic mass is 16.5. The Morgan fingerprint density at radius 2 is 1.83 bits per heavy atom. The molecule has 102 valence electrons. The highest BCUT2D eigenvalue weighted by Gasteiger charge is 2.26. The lowest BCUT2D eigenvalue weighted by atomic mass is 10.2. The summed E-state index contributed by atoms with van der Waals surface area (Å²) in [5, 5.41) is 0. The normalized spacial score (nSPS) is 23.4. The number of rotatable bonds is 4. The first-order valence-corrected chi connectivity index (χ1v) is 6.87. The van der Waals surface area contributed by atoms with Gasteiger partial charge < -0.3 is 14.5 Å². The van der Waals surface area contributed by atoms with Crippen LogP contribution in [0.25, 0.3) is 0 Å². The Labute approximate surface area is 108 Å². The van der Waals surface area contributed by atoms with Gasteiger partial charge in [-0.05, 0) is 26.2 Å². The number of ether oxygens (including phenoxy) is 1. The third-order valence-electron chi connectivity index (χ3n) is 3.69. The maximum atomic E-state index is 11.8. The van der Waals surface area contributed by atoms with Crippen molar-refractivity contribution in [2.45, 2.75) is 51.7 Å². The van der Waals surface area contributed by atoms with Gasteiger partial charge in [-0.25, -0.2) is 0 Å². The molecule has 0 bridgehead atoms. The van der Waals surface area contributed by atoms with Crippen LogP contribution in [0, 0.1) is 0 Å². The number of hydrogen-bond donors (Lipinski definition) is 0. The summed E-state index contributed by atoms with van der Waals surface area (Å²) in [6.45, 7) is 3.74. The lowest BCUT2D eigenvalue weighted by molar-refractivity contribution is -0.150. The van der Waals surface area contributed by atoms with Crippen molar-refractivity contribution in [3.63, 3.8) is 0 Å². The number of nitrogens with zero attached hydrogens (tertiary/aromatic N) is 2. The summed E-state index contributed by atoms with van der Waals surface area (Å²) in [6, 6.07) is 0. The molecule has 0 N–H and O–H groups in total. The van der Waals surface area contributed by atoms with Gasteiger partial charge in [-0.1, -0.05) is 6.42 Å². The molecule has 0 spiro atoms. The highest BCUT2D eigenvalue weighted by Crippen LogP contribution is 2.16. The number of carbonyl (C=O) groups excluding carboxylic acids is 2. The van der Waals surface area contributed by atoms with E-state index in [1.807, 2.05) is 6.92 Å². The van der Waals surface area contributed by atoms with E-state index < -0.39 is 0 Å². The molecule has 2 aliphatic heterocycles. The van der Waals surface area contributed by atoms with Crippen LogP contribution in [0.1, 0.15) is 45.4 Å². The number of hydrogen-bond acceptors (Lipinski definition) is 3. The van der Waals surface area contributed by atoms with Crippen molar-refractivity contribution in [3.05, 3.63) is 0 Å². The molecule has 2 saturated heterocycles. The minimum Gasteiger partial charge on any atom is -0.338 e. The minimum atomic E-state index is -0.226. The second-order valence-corrected chi connectivity index (χ2v) is 5.05. The van der Waals surface area contributed by atoms with Gasteiger partial charge in [0.1, 0.15) is 13.0 Å². The van der Waals surface area contributed by atoms with E-state index in [-0.39, 0.29) is 18.0 Å². The van der Waals surface area contributed by atoms with Crippen molar-refractivity contribution in [1.82, 2.24) is 9.80 Å². The largest absolute Gasteiger partial charge is 0.338 e. The van der Waals surface area contributed by atoms with Gasteiger partial charge >= 0.3 is 0 Å². The van der Waals surface area contributed by atoms with Gasteiger partial charge in [0.05, 0.1) is 0 Å². The second kappa shape index (κ2) is 6.18. The second-order valence-electron chi connectivity index (χ2n) is 5.05. The molecule has 2 heterocycles. The number of likely N-dealkylation sites (tertiary alicyclic amines) is 2. The van der Waals surface area contributed by atoms with Crippen molar-refractivity contribution in [1.29, 1.82) is 0 Å². The summed E-state index contributed by atoms with van der Waals surface area (Å²) in [6.07, 6.45) is 5.08. The van der Waals surface area contributed by atoms with Crippen molar-refractivity contribution < 1.29 is 14.3 Å². The number of carbonyl (C=O) groups is 2. The van der Waals surface area contributed by atoms with Crippen molar-refractivity contribution >= 4 is 11.8 Å². The molecule has 5 heteroatoms. The van der Waals surface area contributed by atoms with Crippen molar-refractivity contribution in [2.75, 3.05) is 19.8 Å². The van der Waals surface area contributed by atoms with Crippen molar-refractivity contribution in [3.8, 4) is 0 Å². The zero-order valence-electron chi connectivity index (χ0n) is 11.1. The lowest BCUT2D eigenvalue weighted by Gasteiger charge is -2.28. The van der Waals surface area contributed by atoms with Gasteiger partial charge in [0.15, 0.2) is 0 Å². The number of amides is 2. The Morgan fingerprint density at radius 3 is 2.56 bits per heavy atom. The van der Waals surface area contributed by atoms with Crippen LogP contribution in [0.4, 0.5) is 0 Å². The van der Waals surface area contributed by atoms with Crippen LogP contribution in [0.2, 0.25) is 0 Å². The smallest absolute Gasteiger partial charge is 0.224 e. The molecule has 5 nitrogen and oxygen atoms in total. The minimum absolute atomic E-state index is 0.157. The predicted molar refractivity (Wildman–Crippen MR) is 66.5 cm³/mol. The van der Waals surface area contributed by atoms with Crippen LogP contribution in [0.15, 0.2) is 0 Å². The molecular weight excluding hydrogens is 232 g/mol. The maximum Gasteiger partial charge on any atom is 0.224 e. The van der Waals surface area contributed by atoms with E-state index >= 15 is 0 Å². The van der Waals surface area contributed by atoms with Crippen LogP contribution in [-0.2, 0) is 14.3 Å². The Hall–Kier alpha value is -1.10. The molecule has 18 heavy (non-hydrogen) atoms. The fraction of sp³-hybridized carbons (Fsp3) is 0.846. The summed E-state index contributed by atoms with van der Waals surface area (Å²) in [5.74, 6) is 0.331. The Morgan fingerprint density at radius 1 is 1.06 bits per heavy atom. The van der Waals surface area contributed by atoms with Gasteiger partial charge in [0, 0.05) is 25.9 Å². The highest BCUT2D eigenvalue weighted by molar-refractivity contribution is 5.78. The zero-order valence-corrected chi connectivity index (χ0v) is 11.1. The first-order chi connectivity index (χ1) is 8.68. The van der Waals surface area contributed by atoms with E-state index in [9.17, 15) is 9.59 Å². The Kier molecular flexibility index (Phi) is 4.58. The quantitative estimate of drug-likeness (QED) is 0.760. The van der Waals surface area contributed by atoms with Crippen LogP contribution < -0.4 is 0 Å². The molecule has 2 aliphatic rings. The summed E-state index contributed by atoms with van der Waals surface area (Å²) in [4.78, 5) is 26.8. The van der Waals surface area contributed by atoms with Gasteiger partial charge in [-0.2, -0.15) is 0 Å². The molecule has 0 aromatic carbocycles. The van der Waals surface area contributed by atoms with Crippen molar-refractivity contribution in [2.24, 2.45) is 0 Å². The summed E-state index contributed by atoms with van der Waals surface area (Å²) in [5.41, 5.74) is 0. The Balaban J connectivity index is 1.79. The van der Waals surface area contributed by atoms with Crippen LogP contribution in [-0.4, -0.2) is 47.7 Å². The molecule has 0 aromatic rings. The zero-order chi connectivity index (χ0) is 13.0. The molecule has 2 amide bonds. The third-order valence-corrected chi connectivity index (χ3v) is 3.69. The molecule has 2 rings (SSSR count). The van der Waals surface area contributed by atoms with Gasteiger partial charge in [-0.3, -0.25) is 9.59 Å². The average Bonchev–Trinajstić information content (AvgIpc) is 2.67. The van der Waals surface area contributed by atoms with E-state index in [2.05, 4.69) is 0 Å². The van der Waals surface area contributed by atoms with E-state index in [1.54, 1.807) is 9.80 Å². The molecule has 0 aromatic heterocycles. The van der Waals surface area contributed by atoms with E-state index in [0.717, 1.165) is 38.8 Å². The molecule has 2 fully saturated rings. The van der Waals surface area contributed by atoms with Crippen LogP contribution in [0.3, 0.4) is 0 Å². The first-order valence-electron chi connectivity index (χ1n) is 6.87. The fourth-order valence-electron chi connectivity index (χ4n) is 2.52. The molecular formula is C13H22N2O3. The van der Waals surface area contributed by atoms with Crippen LogP contribution >= 0.6 is 0 Å². The Bertz CT molecular complexity index is 319. The topological polar surface area (TPSA) is 49.9 Å². The predicted octanol–water partition coefficient (Wildman–Crippen LogP) is 1.33. The van der Waals surface area contributed by atoms with Gasteiger partial charge in [0.25, 0.3) is 0 Å². The van der Waals surface area contributed by atoms with Gasteiger partial charge in [-0.15, -0.1) is 0 Å². The van der Waals surface area contributed by atoms with Gasteiger partial charge in [0.2, 0.25) is 11.8 Å². The fourth-order valence-corrected chi connectivity index (χ4v) is 2.52. The maximum absolute atomic E-state index is 11.8. The van der Waals surface area contributed by atoms with E-state index in [4.69, 9.17) is 4.74 Å². The van der Waals surface area contributed by atoms with E-state index in [1.165, 1.54) is 0 Å². The monoisotopic (exact) mass is 254 g/mol. The summed E-state index contributed by atoms with van der Waals surface area (Å²) in [7, 11) is 0. The first kappa shape index (κ1) is 13.3. The van der Waals surface area contributed by atoms with Crippen LogP contribution in [0.5, 0.6) is 0 Å². The lowest BCUT2D eigenvalue weighted by Crippen LogP contribution is -2.40. The molecule has 1 atom stereocenters. The standard InChI is InChI=1S/C13H22N2O3/c1-11(15-9-5-7-13(15)17)18-10-14-8-4-2-3-6-12(14)16/h11H,2-10H2,1H3. The molecule has 0 saturated carbocycles. The average molecular weight is 254 g/mol. The SMILES string of the molecule is CC(OCN1CCCCCC1=O)N1CCCC1=O. The molecule has 0 radical (unpaired) electrons. The third kappa shape index (κ3) is 3.22. The summed E-state index contributed by atoms with van der Waals surface area (Å²) >= 11 is 0. The molecule has 0 aliphatic carbocycles. The summed E-state index contributed by atoms with van der Waals surface area (Å²) < 4.78 is 5.67. The van der Waals surface area contributed by atoms with E-state index in [0.29, 0.717) is 19.6 Å². The molecule has 1 unspecified atom stereocenters.